The molecule has 5 nitrogen and oxygen atoms in total. The number of halogens is 3. The van der Waals surface area contributed by atoms with E-state index >= 15 is 0 Å². The van der Waals surface area contributed by atoms with E-state index in [1.54, 1.807) is 4.90 Å². The van der Waals surface area contributed by atoms with Crippen molar-refractivity contribution in [2.45, 2.75) is 31.5 Å². The molecule has 2 saturated heterocycles. The Morgan fingerprint density at radius 2 is 2.16 bits per heavy atom. The molecule has 2 aliphatic heterocycles. The van der Waals surface area contributed by atoms with Crippen molar-refractivity contribution in [2.75, 3.05) is 25.0 Å². The van der Waals surface area contributed by atoms with Crippen LogP contribution in [0.5, 0.6) is 0 Å². The Hall–Kier alpha value is -2.09. The first-order chi connectivity index (χ1) is 11.8. The van der Waals surface area contributed by atoms with E-state index in [9.17, 15) is 22.8 Å². The minimum atomic E-state index is -4.47. The first kappa shape index (κ1) is 17.7. The molecule has 2 amide bonds. The average Bonchev–Trinajstić information content (AvgIpc) is 3.18. The number of nitrogens with one attached hydrogen (secondary N) is 1. The predicted octanol–water partition coefficient (Wildman–Crippen LogP) is 2.67. The topological polar surface area (TPSA) is 58.6 Å². The molecular weight excluding hydrogens is 337 g/mol. The Morgan fingerprint density at radius 3 is 2.84 bits per heavy atom. The number of carbonyl (C=O) groups excluding carboxylic acids is 2. The lowest BCUT2D eigenvalue weighted by molar-refractivity contribution is -0.137. The van der Waals surface area contributed by atoms with Crippen LogP contribution >= 0.6 is 0 Å². The van der Waals surface area contributed by atoms with E-state index in [2.05, 4.69) is 5.32 Å². The maximum Gasteiger partial charge on any atom is 0.416 e. The third-order valence-electron chi connectivity index (χ3n) is 4.49. The molecule has 0 bridgehead atoms. The first-order valence-corrected chi connectivity index (χ1v) is 8.20. The fraction of sp³-hybridized carbons (Fsp3) is 0.529. The fourth-order valence-electron chi connectivity index (χ4n) is 3.18. The summed E-state index contributed by atoms with van der Waals surface area (Å²) in [4.78, 5) is 26.0. The highest BCUT2D eigenvalue weighted by Crippen LogP contribution is 2.31. The molecule has 136 valence electrons. The second kappa shape index (κ2) is 7.03. The molecule has 0 saturated carbocycles. The molecule has 1 N–H and O–H groups in total. The Balaban J connectivity index is 1.59. The molecule has 3 rings (SSSR count). The van der Waals surface area contributed by atoms with Crippen LogP contribution in [-0.2, 0) is 20.5 Å². The molecule has 0 spiro atoms. The van der Waals surface area contributed by atoms with Gasteiger partial charge in [-0.1, -0.05) is 6.07 Å². The number of carbonyl (C=O) groups is 2. The lowest BCUT2D eigenvalue weighted by atomic mass is 10.1. The van der Waals surface area contributed by atoms with Crippen LogP contribution in [0.4, 0.5) is 18.9 Å². The number of amides is 2. The number of benzene rings is 1. The van der Waals surface area contributed by atoms with Crippen LogP contribution in [-0.4, -0.2) is 42.5 Å². The molecule has 8 heteroatoms. The largest absolute Gasteiger partial charge is 0.416 e. The molecule has 0 aliphatic carbocycles. The molecule has 1 aromatic rings. The van der Waals surface area contributed by atoms with E-state index < -0.39 is 23.6 Å². The van der Waals surface area contributed by atoms with Crippen molar-refractivity contribution in [3.63, 3.8) is 0 Å². The summed E-state index contributed by atoms with van der Waals surface area (Å²) in [5, 5.41) is 2.48. The molecule has 2 unspecified atom stereocenters. The minimum Gasteiger partial charge on any atom is -0.376 e. The second-order valence-electron chi connectivity index (χ2n) is 6.40. The zero-order valence-corrected chi connectivity index (χ0v) is 13.5. The molecule has 2 aliphatic rings. The highest BCUT2D eigenvalue weighted by molar-refractivity contribution is 5.97. The van der Waals surface area contributed by atoms with Gasteiger partial charge in [-0.2, -0.15) is 13.2 Å². The van der Waals surface area contributed by atoms with Crippen LogP contribution in [0.15, 0.2) is 24.3 Å². The van der Waals surface area contributed by atoms with Crippen LogP contribution in [0.1, 0.15) is 24.8 Å². The van der Waals surface area contributed by atoms with Crippen molar-refractivity contribution in [3.05, 3.63) is 29.8 Å². The zero-order valence-electron chi connectivity index (χ0n) is 13.5. The molecule has 2 fully saturated rings. The van der Waals surface area contributed by atoms with Gasteiger partial charge in [0, 0.05) is 31.8 Å². The van der Waals surface area contributed by atoms with Crippen LogP contribution in [0.3, 0.4) is 0 Å². The number of ether oxygens (including phenoxy) is 1. The Bertz CT molecular complexity index is 657. The van der Waals surface area contributed by atoms with E-state index in [1.165, 1.54) is 12.1 Å². The molecule has 1 aromatic carbocycles. The van der Waals surface area contributed by atoms with Crippen LogP contribution in [0, 0.1) is 5.92 Å². The molecule has 0 aromatic heterocycles. The maximum atomic E-state index is 12.7. The number of rotatable bonds is 4. The summed E-state index contributed by atoms with van der Waals surface area (Å²) in [7, 11) is 0. The second-order valence-corrected chi connectivity index (χ2v) is 6.40. The van der Waals surface area contributed by atoms with E-state index in [-0.39, 0.29) is 30.7 Å². The summed E-state index contributed by atoms with van der Waals surface area (Å²) < 4.78 is 43.7. The normalized spacial score (nSPS) is 24.0. The van der Waals surface area contributed by atoms with Gasteiger partial charge >= 0.3 is 6.18 Å². The predicted molar refractivity (Wildman–Crippen MR) is 83.7 cm³/mol. The number of alkyl halides is 3. The van der Waals surface area contributed by atoms with Gasteiger partial charge in [0.25, 0.3) is 0 Å². The lowest BCUT2D eigenvalue weighted by Gasteiger charge is -2.20. The van der Waals surface area contributed by atoms with Gasteiger partial charge in [0.05, 0.1) is 17.6 Å². The third kappa shape index (κ3) is 4.31. The summed E-state index contributed by atoms with van der Waals surface area (Å²) >= 11 is 0. The number of hydrogen-bond donors (Lipinski definition) is 1. The number of hydrogen-bond acceptors (Lipinski definition) is 3. The van der Waals surface area contributed by atoms with Gasteiger partial charge in [-0.05, 0) is 31.0 Å². The van der Waals surface area contributed by atoms with Crippen molar-refractivity contribution in [1.82, 2.24) is 4.90 Å². The van der Waals surface area contributed by atoms with Gasteiger partial charge in [-0.25, -0.2) is 0 Å². The van der Waals surface area contributed by atoms with E-state index in [0.29, 0.717) is 13.2 Å². The van der Waals surface area contributed by atoms with Crippen molar-refractivity contribution in [1.29, 1.82) is 0 Å². The Morgan fingerprint density at radius 1 is 1.36 bits per heavy atom. The third-order valence-corrected chi connectivity index (χ3v) is 4.49. The highest BCUT2D eigenvalue weighted by atomic mass is 19.4. The smallest absolute Gasteiger partial charge is 0.376 e. The molecule has 25 heavy (non-hydrogen) atoms. The zero-order chi connectivity index (χ0) is 18.0. The first-order valence-electron chi connectivity index (χ1n) is 8.20. The quantitative estimate of drug-likeness (QED) is 0.902. The highest BCUT2D eigenvalue weighted by Gasteiger charge is 2.36. The number of anilines is 1. The average molecular weight is 356 g/mol. The van der Waals surface area contributed by atoms with Crippen molar-refractivity contribution in [3.8, 4) is 0 Å². The number of nitrogens with zero attached hydrogens (tertiary/aromatic N) is 1. The molecule has 2 atom stereocenters. The number of likely N-dealkylation sites (tertiary alicyclic amines) is 1. The van der Waals surface area contributed by atoms with Gasteiger partial charge < -0.3 is 15.0 Å². The van der Waals surface area contributed by atoms with Crippen molar-refractivity contribution >= 4 is 17.5 Å². The van der Waals surface area contributed by atoms with Crippen LogP contribution in [0.2, 0.25) is 0 Å². The van der Waals surface area contributed by atoms with Gasteiger partial charge in [-0.3, -0.25) is 9.59 Å². The summed E-state index contributed by atoms with van der Waals surface area (Å²) in [6.07, 6.45) is -2.54. The van der Waals surface area contributed by atoms with E-state index in [1.807, 2.05) is 0 Å². The van der Waals surface area contributed by atoms with E-state index in [4.69, 9.17) is 4.74 Å². The molecule has 0 radical (unpaired) electrons. The van der Waals surface area contributed by atoms with Gasteiger partial charge in [-0.15, -0.1) is 0 Å². The fourth-order valence-corrected chi connectivity index (χ4v) is 3.18. The van der Waals surface area contributed by atoms with Gasteiger partial charge in [0.2, 0.25) is 11.8 Å². The Labute approximate surface area is 143 Å². The van der Waals surface area contributed by atoms with E-state index in [0.717, 1.165) is 25.0 Å². The standard InChI is InChI=1S/C17H19F3N2O3/c18-17(19,20)12-3-1-4-13(8-12)21-16(24)11-7-15(23)22(9-11)10-14-5-2-6-25-14/h1,3-4,8,11,14H,2,5-7,9-10H2,(H,21,24). The van der Waals surface area contributed by atoms with Crippen LogP contribution in [0.25, 0.3) is 0 Å². The Kier molecular flexibility index (Phi) is 4.99. The van der Waals surface area contributed by atoms with Gasteiger partial charge in [0.15, 0.2) is 0 Å². The SMILES string of the molecule is O=C(Nc1cccc(C(F)(F)F)c1)C1CC(=O)N(CC2CCCO2)C1. The molecule has 2 heterocycles. The lowest BCUT2D eigenvalue weighted by Crippen LogP contribution is -2.34. The summed E-state index contributed by atoms with van der Waals surface area (Å²) in [6.45, 7) is 1.42. The minimum absolute atomic E-state index is 0.00854. The summed E-state index contributed by atoms with van der Waals surface area (Å²) in [5.41, 5.74) is -0.752. The maximum absolute atomic E-state index is 12.7. The van der Waals surface area contributed by atoms with Crippen LogP contribution < -0.4 is 5.32 Å². The monoisotopic (exact) mass is 356 g/mol. The van der Waals surface area contributed by atoms with Crippen molar-refractivity contribution in [2.24, 2.45) is 5.92 Å². The molecular formula is C17H19F3N2O3. The van der Waals surface area contributed by atoms with Crippen molar-refractivity contribution < 1.29 is 27.5 Å². The summed E-state index contributed by atoms with van der Waals surface area (Å²) in [6, 6.07) is 4.47. The summed E-state index contributed by atoms with van der Waals surface area (Å²) in [5.74, 6) is -1.13. The van der Waals surface area contributed by atoms with Gasteiger partial charge in [0.1, 0.15) is 0 Å².